The molecule has 1 aliphatic rings. The number of hydrogen-bond donors (Lipinski definition) is 2. The maximum absolute atomic E-state index is 11.4. The molecule has 0 heterocycles. The van der Waals surface area contributed by atoms with E-state index >= 15 is 0 Å². The number of nitrogen functional groups attached to an aromatic ring is 1. The van der Waals surface area contributed by atoms with Crippen molar-refractivity contribution in [2.75, 3.05) is 5.73 Å². The zero-order chi connectivity index (χ0) is 14.0. The molecule has 0 aromatic heterocycles. The van der Waals surface area contributed by atoms with E-state index in [1.807, 2.05) is 0 Å². The van der Waals surface area contributed by atoms with Gasteiger partial charge in [0.05, 0.1) is 11.7 Å². The molecule has 0 saturated heterocycles. The second-order valence-electron chi connectivity index (χ2n) is 5.63. The van der Waals surface area contributed by atoms with E-state index in [-0.39, 0.29) is 6.10 Å². The summed E-state index contributed by atoms with van der Waals surface area (Å²) in [5.41, 5.74) is 12.1. The molecule has 0 spiro atoms. The van der Waals surface area contributed by atoms with Crippen LogP contribution in [0.5, 0.6) is 5.75 Å². The van der Waals surface area contributed by atoms with Crippen molar-refractivity contribution < 1.29 is 9.53 Å². The van der Waals surface area contributed by atoms with Crippen molar-refractivity contribution in [2.45, 2.75) is 39.2 Å². The highest BCUT2D eigenvalue weighted by atomic mass is 16.5. The van der Waals surface area contributed by atoms with Gasteiger partial charge in [0.2, 0.25) is 0 Å². The van der Waals surface area contributed by atoms with Gasteiger partial charge in [-0.05, 0) is 43.2 Å². The normalized spacial score (nSPS) is 26.9. The summed E-state index contributed by atoms with van der Waals surface area (Å²) >= 11 is 0. The molecule has 19 heavy (non-hydrogen) atoms. The fourth-order valence-corrected chi connectivity index (χ4v) is 2.62. The minimum absolute atomic E-state index is 0.145. The van der Waals surface area contributed by atoms with Gasteiger partial charge in [0, 0.05) is 11.8 Å². The molecule has 3 unspecified atom stereocenters. The van der Waals surface area contributed by atoms with Gasteiger partial charge in [0.1, 0.15) is 5.75 Å². The minimum Gasteiger partial charge on any atom is -0.490 e. The molecule has 2 rings (SSSR count). The number of amides is 1. The molecular weight excluding hydrogens is 240 g/mol. The van der Waals surface area contributed by atoms with Crippen LogP contribution in [0.1, 0.15) is 43.5 Å². The Labute approximate surface area is 114 Å². The summed E-state index contributed by atoms with van der Waals surface area (Å²) in [6.45, 7) is 4.52. The van der Waals surface area contributed by atoms with Crippen LogP contribution in [0.15, 0.2) is 18.2 Å². The first kappa shape index (κ1) is 13.7. The highest BCUT2D eigenvalue weighted by Crippen LogP contribution is 2.33. The predicted octanol–water partition coefficient (Wildman–Crippen LogP) is 2.57. The Bertz CT molecular complexity index is 473. The second-order valence-corrected chi connectivity index (χ2v) is 5.63. The Kier molecular flexibility index (Phi) is 3.98. The number of rotatable bonds is 3. The molecule has 0 aliphatic heterocycles. The van der Waals surface area contributed by atoms with E-state index in [1.54, 1.807) is 18.2 Å². The lowest BCUT2D eigenvalue weighted by molar-refractivity contribution is 0.0933. The first-order chi connectivity index (χ1) is 8.97. The van der Waals surface area contributed by atoms with Gasteiger partial charge in [-0.25, -0.2) is 0 Å². The van der Waals surface area contributed by atoms with Crippen LogP contribution < -0.4 is 16.2 Å². The first-order valence-electron chi connectivity index (χ1n) is 6.83. The lowest BCUT2D eigenvalue weighted by atomic mass is 9.80. The van der Waals surface area contributed by atoms with Gasteiger partial charge in [-0.1, -0.05) is 13.8 Å². The molecule has 1 aliphatic carbocycles. The molecule has 4 N–H and O–H groups in total. The number of primary amides is 1. The molecular formula is C15H22N2O2. The van der Waals surface area contributed by atoms with Crippen LogP contribution >= 0.6 is 0 Å². The highest BCUT2D eigenvalue weighted by Gasteiger charge is 2.26. The Balaban J connectivity index is 2.14. The second kappa shape index (κ2) is 5.51. The van der Waals surface area contributed by atoms with Crippen LogP contribution in [0, 0.1) is 11.8 Å². The van der Waals surface area contributed by atoms with Crippen LogP contribution in [0.4, 0.5) is 5.69 Å². The molecule has 1 fully saturated rings. The predicted molar refractivity (Wildman–Crippen MR) is 76.0 cm³/mol. The summed E-state index contributed by atoms with van der Waals surface area (Å²) in [5.74, 6) is 1.40. The van der Waals surface area contributed by atoms with Gasteiger partial charge in [-0.2, -0.15) is 0 Å². The Hall–Kier alpha value is -1.71. The quantitative estimate of drug-likeness (QED) is 0.822. The van der Waals surface area contributed by atoms with Crippen LogP contribution in [0.3, 0.4) is 0 Å². The number of hydrogen-bond acceptors (Lipinski definition) is 3. The van der Waals surface area contributed by atoms with E-state index in [9.17, 15) is 4.79 Å². The van der Waals surface area contributed by atoms with Gasteiger partial charge in [-0.3, -0.25) is 4.79 Å². The third kappa shape index (κ3) is 3.19. The summed E-state index contributed by atoms with van der Waals surface area (Å²) in [5, 5.41) is 0. The van der Waals surface area contributed by atoms with Crippen LogP contribution in [-0.2, 0) is 0 Å². The Morgan fingerprint density at radius 1 is 1.26 bits per heavy atom. The maximum atomic E-state index is 11.4. The van der Waals surface area contributed by atoms with E-state index < -0.39 is 5.91 Å². The van der Waals surface area contributed by atoms with Crippen LogP contribution in [-0.4, -0.2) is 12.0 Å². The fraction of sp³-hybridized carbons (Fsp3) is 0.533. The van der Waals surface area contributed by atoms with Crippen molar-refractivity contribution in [3.05, 3.63) is 23.8 Å². The van der Waals surface area contributed by atoms with Gasteiger partial charge >= 0.3 is 0 Å². The Morgan fingerprint density at radius 3 is 2.63 bits per heavy atom. The van der Waals surface area contributed by atoms with Gasteiger partial charge in [0.25, 0.3) is 5.91 Å². The average Bonchev–Trinajstić information content (AvgIpc) is 2.33. The van der Waals surface area contributed by atoms with E-state index in [4.69, 9.17) is 16.2 Å². The SMILES string of the molecule is CC1CCC(Oc2cc(N)ccc2C(N)=O)CC1C. The van der Waals surface area contributed by atoms with Crippen LogP contribution in [0.2, 0.25) is 0 Å². The molecule has 1 aromatic carbocycles. The summed E-state index contributed by atoms with van der Waals surface area (Å²) in [7, 11) is 0. The number of carbonyl (C=O) groups excluding carboxylic acids is 1. The summed E-state index contributed by atoms with van der Waals surface area (Å²) in [4.78, 5) is 11.4. The van der Waals surface area contributed by atoms with E-state index in [0.717, 1.165) is 25.2 Å². The molecule has 1 aromatic rings. The zero-order valence-corrected chi connectivity index (χ0v) is 11.6. The van der Waals surface area contributed by atoms with E-state index in [2.05, 4.69) is 13.8 Å². The molecule has 4 heteroatoms. The van der Waals surface area contributed by atoms with Crippen molar-refractivity contribution in [3.8, 4) is 5.75 Å². The minimum atomic E-state index is -0.479. The standard InChI is InChI=1S/C15H22N2O2/c1-9-3-5-12(7-10(9)2)19-14-8-11(16)4-6-13(14)15(17)18/h4,6,8-10,12H,3,5,7,16H2,1-2H3,(H2,17,18). The molecule has 3 atom stereocenters. The summed E-state index contributed by atoms with van der Waals surface area (Å²) in [6.07, 6.45) is 3.32. The Morgan fingerprint density at radius 2 is 2.00 bits per heavy atom. The number of carbonyl (C=O) groups is 1. The molecule has 4 nitrogen and oxygen atoms in total. The molecule has 0 bridgehead atoms. The lowest BCUT2D eigenvalue weighted by Gasteiger charge is -2.32. The number of ether oxygens (including phenoxy) is 1. The van der Waals surface area contributed by atoms with E-state index in [1.165, 1.54) is 0 Å². The molecule has 1 amide bonds. The average molecular weight is 262 g/mol. The first-order valence-corrected chi connectivity index (χ1v) is 6.83. The molecule has 0 radical (unpaired) electrons. The monoisotopic (exact) mass is 262 g/mol. The third-order valence-electron chi connectivity index (χ3n) is 4.11. The van der Waals surface area contributed by atoms with Crippen molar-refractivity contribution in [2.24, 2.45) is 17.6 Å². The van der Waals surface area contributed by atoms with Gasteiger partial charge in [0.15, 0.2) is 0 Å². The topological polar surface area (TPSA) is 78.3 Å². The molecule has 104 valence electrons. The molecule has 1 saturated carbocycles. The number of benzene rings is 1. The number of anilines is 1. The highest BCUT2D eigenvalue weighted by molar-refractivity contribution is 5.96. The van der Waals surface area contributed by atoms with Crippen molar-refractivity contribution in [3.63, 3.8) is 0 Å². The zero-order valence-electron chi connectivity index (χ0n) is 11.6. The lowest BCUT2D eigenvalue weighted by Crippen LogP contribution is -2.29. The largest absolute Gasteiger partial charge is 0.490 e. The third-order valence-corrected chi connectivity index (χ3v) is 4.11. The van der Waals surface area contributed by atoms with Gasteiger partial charge < -0.3 is 16.2 Å². The van der Waals surface area contributed by atoms with Crippen molar-refractivity contribution >= 4 is 11.6 Å². The summed E-state index contributed by atoms with van der Waals surface area (Å²) < 4.78 is 5.97. The van der Waals surface area contributed by atoms with Gasteiger partial charge in [-0.15, -0.1) is 0 Å². The smallest absolute Gasteiger partial charge is 0.252 e. The number of nitrogens with two attached hydrogens (primary N) is 2. The van der Waals surface area contributed by atoms with Crippen LogP contribution in [0.25, 0.3) is 0 Å². The fourth-order valence-electron chi connectivity index (χ4n) is 2.62. The van der Waals surface area contributed by atoms with E-state index in [0.29, 0.717) is 22.9 Å². The van der Waals surface area contributed by atoms with Crippen molar-refractivity contribution in [1.29, 1.82) is 0 Å². The summed E-state index contributed by atoms with van der Waals surface area (Å²) in [6, 6.07) is 4.98. The van der Waals surface area contributed by atoms with Crippen molar-refractivity contribution in [1.82, 2.24) is 0 Å². The maximum Gasteiger partial charge on any atom is 0.252 e.